The molecule has 2 aliphatic rings. The predicted octanol–water partition coefficient (Wildman–Crippen LogP) is 2.32. The average Bonchev–Trinajstić information content (AvgIpc) is 3.31. The highest BCUT2D eigenvalue weighted by Gasteiger charge is 2.33. The standard InChI is InChI=1S/C18H20N4O3S/c1-11(12-4-5-15-13(9-12)21-16(23)10-25-15)20-17(24)14-3-2-7-22(14)18-19-6-8-26-18/h4-6,8-9,11,14H,2-3,7,10H2,1H3,(H,20,24)(H,21,23). The fraction of sp³-hybridized carbons (Fsp3) is 0.389. The summed E-state index contributed by atoms with van der Waals surface area (Å²) in [6.07, 6.45) is 3.57. The second-order valence-electron chi connectivity index (χ2n) is 6.49. The SMILES string of the molecule is CC(NC(=O)C1CCCN1c1nccs1)c1ccc2c(c1)NC(=O)CO2. The Bertz CT molecular complexity index is 824. The van der Waals surface area contributed by atoms with Gasteiger partial charge in [0.05, 0.1) is 11.7 Å². The number of amides is 2. The van der Waals surface area contributed by atoms with Crippen molar-refractivity contribution < 1.29 is 14.3 Å². The molecule has 2 N–H and O–H groups in total. The fourth-order valence-corrected chi connectivity index (χ4v) is 4.11. The second kappa shape index (κ2) is 6.95. The van der Waals surface area contributed by atoms with Gasteiger partial charge in [0, 0.05) is 18.1 Å². The van der Waals surface area contributed by atoms with Crippen molar-refractivity contribution >= 4 is 34.0 Å². The van der Waals surface area contributed by atoms with Crippen LogP contribution in [0.5, 0.6) is 5.75 Å². The minimum absolute atomic E-state index is 0.00297. The number of hydrogen-bond acceptors (Lipinski definition) is 6. The zero-order chi connectivity index (χ0) is 18.1. The summed E-state index contributed by atoms with van der Waals surface area (Å²) in [5.74, 6) is 0.484. The van der Waals surface area contributed by atoms with E-state index in [0.29, 0.717) is 11.4 Å². The first-order chi connectivity index (χ1) is 12.6. The molecule has 2 atom stereocenters. The number of benzene rings is 1. The molecule has 0 spiro atoms. The van der Waals surface area contributed by atoms with E-state index in [-0.39, 0.29) is 30.5 Å². The van der Waals surface area contributed by atoms with Gasteiger partial charge in [-0.25, -0.2) is 4.98 Å². The summed E-state index contributed by atoms with van der Waals surface area (Å²) in [5.41, 5.74) is 1.56. The lowest BCUT2D eigenvalue weighted by atomic mass is 10.1. The van der Waals surface area contributed by atoms with Crippen molar-refractivity contribution in [2.75, 3.05) is 23.4 Å². The van der Waals surface area contributed by atoms with E-state index in [4.69, 9.17) is 4.74 Å². The lowest BCUT2D eigenvalue weighted by Crippen LogP contribution is -2.44. The van der Waals surface area contributed by atoms with E-state index >= 15 is 0 Å². The van der Waals surface area contributed by atoms with Crippen LogP contribution in [0.2, 0.25) is 0 Å². The highest BCUT2D eigenvalue weighted by molar-refractivity contribution is 7.13. The van der Waals surface area contributed by atoms with Gasteiger partial charge >= 0.3 is 0 Å². The van der Waals surface area contributed by atoms with E-state index < -0.39 is 0 Å². The van der Waals surface area contributed by atoms with Gasteiger partial charge in [0.1, 0.15) is 11.8 Å². The Morgan fingerprint density at radius 3 is 3.19 bits per heavy atom. The van der Waals surface area contributed by atoms with Crippen molar-refractivity contribution in [1.82, 2.24) is 10.3 Å². The first kappa shape index (κ1) is 16.8. The number of nitrogens with one attached hydrogen (secondary N) is 2. The van der Waals surface area contributed by atoms with Crippen molar-refractivity contribution in [3.05, 3.63) is 35.3 Å². The Hall–Kier alpha value is -2.61. The highest BCUT2D eigenvalue weighted by Crippen LogP contribution is 2.31. The summed E-state index contributed by atoms with van der Waals surface area (Å²) < 4.78 is 5.38. The summed E-state index contributed by atoms with van der Waals surface area (Å²) >= 11 is 1.55. The molecule has 2 aliphatic heterocycles. The Morgan fingerprint density at radius 2 is 2.38 bits per heavy atom. The van der Waals surface area contributed by atoms with Crippen LogP contribution in [0, 0.1) is 0 Å². The number of anilines is 2. The smallest absolute Gasteiger partial charge is 0.262 e. The third-order valence-electron chi connectivity index (χ3n) is 4.72. The second-order valence-corrected chi connectivity index (χ2v) is 7.36. The molecule has 0 radical (unpaired) electrons. The van der Waals surface area contributed by atoms with Crippen LogP contribution in [0.25, 0.3) is 0 Å². The minimum atomic E-state index is -0.190. The molecule has 0 bridgehead atoms. The summed E-state index contributed by atoms with van der Waals surface area (Å²) in [6.45, 7) is 2.82. The van der Waals surface area contributed by atoms with E-state index in [0.717, 1.165) is 30.1 Å². The monoisotopic (exact) mass is 372 g/mol. The molecule has 2 amide bonds. The van der Waals surface area contributed by atoms with Crippen molar-refractivity contribution in [2.45, 2.75) is 31.8 Å². The van der Waals surface area contributed by atoms with Gasteiger partial charge in [0.25, 0.3) is 5.91 Å². The third-order valence-corrected chi connectivity index (χ3v) is 5.52. The zero-order valence-electron chi connectivity index (χ0n) is 14.4. The lowest BCUT2D eigenvalue weighted by molar-refractivity contribution is -0.123. The maximum Gasteiger partial charge on any atom is 0.262 e. The number of ether oxygens (including phenoxy) is 1. The van der Waals surface area contributed by atoms with Gasteiger partial charge in [0.15, 0.2) is 11.7 Å². The summed E-state index contributed by atoms with van der Waals surface area (Å²) in [7, 11) is 0. The molecule has 8 heteroatoms. The summed E-state index contributed by atoms with van der Waals surface area (Å²) in [5, 5.41) is 8.71. The van der Waals surface area contributed by atoms with Crippen LogP contribution in [-0.2, 0) is 9.59 Å². The molecule has 7 nitrogen and oxygen atoms in total. The van der Waals surface area contributed by atoms with E-state index in [1.807, 2.05) is 30.5 Å². The molecule has 3 heterocycles. The maximum absolute atomic E-state index is 12.8. The molecule has 1 aromatic carbocycles. The van der Waals surface area contributed by atoms with Gasteiger partial charge in [-0.05, 0) is 37.5 Å². The van der Waals surface area contributed by atoms with Gasteiger partial charge in [-0.1, -0.05) is 6.07 Å². The van der Waals surface area contributed by atoms with E-state index in [1.165, 1.54) is 0 Å². The summed E-state index contributed by atoms with van der Waals surface area (Å²) in [6, 6.07) is 5.22. The lowest BCUT2D eigenvalue weighted by Gasteiger charge is -2.25. The number of carbonyl (C=O) groups is 2. The van der Waals surface area contributed by atoms with Crippen LogP contribution in [0.4, 0.5) is 10.8 Å². The molecule has 26 heavy (non-hydrogen) atoms. The Labute approximate surface area is 155 Å². The van der Waals surface area contributed by atoms with Crippen LogP contribution in [-0.4, -0.2) is 36.0 Å². The van der Waals surface area contributed by atoms with Gasteiger partial charge in [-0.3, -0.25) is 9.59 Å². The number of nitrogens with zero attached hydrogens (tertiary/aromatic N) is 2. The molecule has 1 fully saturated rings. The maximum atomic E-state index is 12.8. The largest absolute Gasteiger partial charge is 0.482 e. The Balaban J connectivity index is 1.46. The van der Waals surface area contributed by atoms with Crippen LogP contribution in [0.3, 0.4) is 0 Å². The van der Waals surface area contributed by atoms with Gasteiger partial charge in [-0.2, -0.15) is 0 Å². The van der Waals surface area contributed by atoms with Gasteiger partial charge < -0.3 is 20.3 Å². The zero-order valence-corrected chi connectivity index (χ0v) is 15.2. The molecule has 2 unspecified atom stereocenters. The number of rotatable bonds is 4. The van der Waals surface area contributed by atoms with Crippen LogP contribution in [0.15, 0.2) is 29.8 Å². The molecule has 0 saturated carbocycles. The Kier molecular flexibility index (Phi) is 4.50. The fourth-order valence-electron chi connectivity index (χ4n) is 3.39. The van der Waals surface area contributed by atoms with E-state index in [2.05, 4.69) is 20.5 Å². The molecule has 1 aromatic heterocycles. The predicted molar refractivity (Wildman–Crippen MR) is 99.6 cm³/mol. The van der Waals surface area contributed by atoms with Crippen LogP contribution >= 0.6 is 11.3 Å². The number of fused-ring (bicyclic) bond motifs is 1. The Morgan fingerprint density at radius 1 is 1.50 bits per heavy atom. The van der Waals surface area contributed by atoms with E-state index in [9.17, 15) is 9.59 Å². The highest BCUT2D eigenvalue weighted by atomic mass is 32.1. The van der Waals surface area contributed by atoms with Crippen molar-refractivity contribution in [1.29, 1.82) is 0 Å². The number of hydrogen-bond donors (Lipinski definition) is 2. The van der Waals surface area contributed by atoms with Crippen LogP contribution in [0.1, 0.15) is 31.4 Å². The average molecular weight is 372 g/mol. The summed E-state index contributed by atoms with van der Waals surface area (Å²) in [4.78, 5) is 30.7. The van der Waals surface area contributed by atoms with Crippen molar-refractivity contribution in [3.63, 3.8) is 0 Å². The number of aromatic nitrogens is 1. The van der Waals surface area contributed by atoms with Gasteiger partial charge in [-0.15, -0.1) is 11.3 Å². The molecule has 0 aliphatic carbocycles. The molecular formula is C18H20N4O3S. The molecule has 1 saturated heterocycles. The van der Waals surface area contributed by atoms with E-state index in [1.54, 1.807) is 17.5 Å². The quantitative estimate of drug-likeness (QED) is 0.861. The van der Waals surface area contributed by atoms with Crippen molar-refractivity contribution in [2.24, 2.45) is 0 Å². The number of carbonyl (C=O) groups excluding carboxylic acids is 2. The van der Waals surface area contributed by atoms with Crippen molar-refractivity contribution in [3.8, 4) is 5.75 Å². The first-order valence-corrected chi connectivity index (χ1v) is 9.53. The minimum Gasteiger partial charge on any atom is -0.482 e. The molecular weight excluding hydrogens is 352 g/mol. The number of thiazole rings is 1. The van der Waals surface area contributed by atoms with Crippen LogP contribution < -0.4 is 20.3 Å². The molecule has 4 rings (SSSR count). The van der Waals surface area contributed by atoms with Gasteiger partial charge in [0.2, 0.25) is 5.91 Å². The topological polar surface area (TPSA) is 83.6 Å². The first-order valence-electron chi connectivity index (χ1n) is 8.65. The normalized spacial score (nSPS) is 20.1. The molecule has 2 aromatic rings. The molecule has 136 valence electrons. The third kappa shape index (κ3) is 3.24.